The standard InChI is InChI=1S/C13H23N3O/c1-5-11-10(7-8-14)12(6-2)16-13(15-11)9(3)17-4/h9H,5-8,14H2,1-4H3. The van der Waals surface area contributed by atoms with Gasteiger partial charge in [0.2, 0.25) is 0 Å². The third kappa shape index (κ3) is 3.23. The molecule has 0 radical (unpaired) electrons. The predicted octanol–water partition coefficient (Wildman–Crippen LogP) is 1.81. The van der Waals surface area contributed by atoms with E-state index >= 15 is 0 Å². The van der Waals surface area contributed by atoms with Crippen molar-refractivity contribution in [1.29, 1.82) is 0 Å². The van der Waals surface area contributed by atoms with Gasteiger partial charge in [0.1, 0.15) is 6.10 Å². The second-order valence-corrected chi connectivity index (χ2v) is 4.08. The molecule has 1 aromatic heterocycles. The first-order valence-corrected chi connectivity index (χ1v) is 6.29. The minimum absolute atomic E-state index is 0.0578. The van der Waals surface area contributed by atoms with Crippen molar-refractivity contribution in [2.45, 2.75) is 46.1 Å². The first-order valence-electron chi connectivity index (χ1n) is 6.29. The van der Waals surface area contributed by atoms with Gasteiger partial charge in [0.15, 0.2) is 5.82 Å². The number of nitrogens with two attached hydrogens (primary N) is 1. The number of methoxy groups -OCH3 is 1. The fourth-order valence-electron chi connectivity index (χ4n) is 1.91. The van der Waals surface area contributed by atoms with E-state index in [0.29, 0.717) is 6.54 Å². The summed E-state index contributed by atoms with van der Waals surface area (Å²) in [6, 6.07) is 0. The first-order chi connectivity index (χ1) is 8.17. The smallest absolute Gasteiger partial charge is 0.157 e. The highest BCUT2D eigenvalue weighted by atomic mass is 16.5. The van der Waals surface area contributed by atoms with Gasteiger partial charge in [-0.3, -0.25) is 0 Å². The highest BCUT2D eigenvalue weighted by Gasteiger charge is 2.15. The summed E-state index contributed by atoms with van der Waals surface area (Å²) in [4.78, 5) is 9.20. The maximum atomic E-state index is 5.65. The van der Waals surface area contributed by atoms with Gasteiger partial charge in [-0.1, -0.05) is 13.8 Å². The third-order valence-corrected chi connectivity index (χ3v) is 2.98. The Morgan fingerprint density at radius 1 is 1.18 bits per heavy atom. The van der Waals surface area contributed by atoms with Crippen LogP contribution in [0.2, 0.25) is 0 Å². The van der Waals surface area contributed by atoms with Gasteiger partial charge in [-0.25, -0.2) is 9.97 Å². The zero-order valence-electron chi connectivity index (χ0n) is 11.3. The fraction of sp³-hybridized carbons (Fsp3) is 0.692. The van der Waals surface area contributed by atoms with Crippen LogP contribution in [-0.4, -0.2) is 23.6 Å². The molecule has 1 atom stereocenters. The summed E-state index contributed by atoms with van der Waals surface area (Å²) in [7, 11) is 1.68. The molecule has 2 N–H and O–H groups in total. The second kappa shape index (κ2) is 6.67. The number of hydrogen-bond donors (Lipinski definition) is 1. The molecular formula is C13H23N3O. The van der Waals surface area contributed by atoms with Crippen molar-refractivity contribution in [1.82, 2.24) is 9.97 Å². The molecule has 0 aromatic carbocycles. The lowest BCUT2D eigenvalue weighted by molar-refractivity contribution is 0.111. The van der Waals surface area contributed by atoms with E-state index in [2.05, 4.69) is 23.8 Å². The maximum absolute atomic E-state index is 5.65. The molecule has 0 saturated heterocycles. The number of rotatable bonds is 6. The number of hydrogen-bond acceptors (Lipinski definition) is 4. The molecule has 1 heterocycles. The van der Waals surface area contributed by atoms with Crippen LogP contribution in [0.3, 0.4) is 0 Å². The molecule has 17 heavy (non-hydrogen) atoms. The van der Waals surface area contributed by atoms with Gasteiger partial charge in [-0.15, -0.1) is 0 Å². The number of aryl methyl sites for hydroxylation is 2. The summed E-state index contributed by atoms with van der Waals surface area (Å²) < 4.78 is 5.29. The van der Waals surface area contributed by atoms with E-state index in [1.165, 1.54) is 5.56 Å². The van der Waals surface area contributed by atoms with Crippen LogP contribution in [0.5, 0.6) is 0 Å². The molecule has 0 bridgehead atoms. The van der Waals surface area contributed by atoms with Crippen molar-refractivity contribution in [2.75, 3.05) is 13.7 Å². The van der Waals surface area contributed by atoms with E-state index in [9.17, 15) is 0 Å². The lowest BCUT2D eigenvalue weighted by Crippen LogP contribution is -2.15. The molecule has 0 aliphatic carbocycles. The Balaban J connectivity index is 3.23. The molecule has 0 fully saturated rings. The second-order valence-electron chi connectivity index (χ2n) is 4.08. The topological polar surface area (TPSA) is 61.0 Å². The summed E-state index contributed by atoms with van der Waals surface area (Å²) in [5.74, 6) is 0.780. The van der Waals surface area contributed by atoms with Gasteiger partial charge in [-0.05, 0) is 38.3 Å². The van der Waals surface area contributed by atoms with Gasteiger partial charge in [0.25, 0.3) is 0 Å². The molecule has 4 nitrogen and oxygen atoms in total. The molecule has 1 aromatic rings. The Kier molecular flexibility index (Phi) is 5.51. The average Bonchev–Trinajstić information content (AvgIpc) is 2.38. The molecule has 0 saturated carbocycles. The van der Waals surface area contributed by atoms with Crippen LogP contribution in [0.1, 0.15) is 49.7 Å². The van der Waals surface area contributed by atoms with Crippen LogP contribution < -0.4 is 5.73 Å². The Labute approximate surface area is 104 Å². The normalized spacial score (nSPS) is 12.8. The van der Waals surface area contributed by atoms with Crippen molar-refractivity contribution in [3.05, 3.63) is 22.8 Å². The summed E-state index contributed by atoms with van der Waals surface area (Å²) in [6.07, 6.45) is 2.62. The maximum Gasteiger partial charge on any atom is 0.157 e. The highest BCUT2D eigenvalue weighted by Crippen LogP contribution is 2.18. The molecule has 96 valence electrons. The highest BCUT2D eigenvalue weighted by molar-refractivity contribution is 5.27. The van der Waals surface area contributed by atoms with E-state index in [4.69, 9.17) is 10.5 Å². The van der Waals surface area contributed by atoms with Crippen LogP contribution in [-0.2, 0) is 24.0 Å². The van der Waals surface area contributed by atoms with Gasteiger partial charge >= 0.3 is 0 Å². The number of ether oxygens (including phenoxy) is 1. The van der Waals surface area contributed by atoms with Crippen molar-refractivity contribution in [2.24, 2.45) is 5.73 Å². The molecule has 0 aliphatic heterocycles. The average molecular weight is 237 g/mol. The zero-order valence-corrected chi connectivity index (χ0v) is 11.3. The quantitative estimate of drug-likeness (QED) is 0.819. The Bertz CT molecular complexity index is 341. The van der Waals surface area contributed by atoms with E-state index in [0.717, 1.165) is 36.5 Å². The van der Waals surface area contributed by atoms with Crippen molar-refractivity contribution in [3.63, 3.8) is 0 Å². The van der Waals surface area contributed by atoms with Crippen LogP contribution >= 0.6 is 0 Å². The molecule has 1 unspecified atom stereocenters. The summed E-state index contributed by atoms with van der Waals surface area (Å²) in [5.41, 5.74) is 9.10. The Morgan fingerprint density at radius 2 is 1.71 bits per heavy atom. The third-order valence-electron chi connectivity index (χ3n) is 2.98. The van der Waals surface area contributed by atoms with Crippen molar-refractivity contribution >= 4 is 0 Å². The summed E-state index contributed by atoms with van der Waals surface area (Å²) >= 11 is 0. The first kappa shape index (κ1) is 14.1. The van der Waals surface area contributed by atoms with Gasteiger partial charge in [0, 0.05) is 18.5 Å². The van der Waals surface area contributed by atoms with Gasteiger partial charge < -0.3 is 10.5 Å². The van der Waals surface area contributed by atoms with E-state index in [1.807, 2.05) is 6.92 Å². The Morgan fingerprint density at radius 3 is 2.06 bits per heavy atom. The SMILES string of the molecule is CCc1nc(C(C)OC)nc(CC)c1CCN. The molecule has 0 amide bonds. The van der Waals surface area contributed by atoms with E-state index < -0.39 is 0 Å². The Hall–Kier alpha value is -1.00. The summed E-state index contributed by atoms with van der Waals surface area (Å²) in [6.45, 7) is 6.84. The molecule has 0 aliphatic rings. The van der Waals surface area contributed by atoms with Gasteiger partial charge in [0.05, 0.1) is 0 Å². The van der Waals surface area contributed by atoms with Crippen LogP contribution in [0, 0.1) is 0 Å². The largest absolute Gasteiger partial charge is 0.374 e. The minimum Gasteiger partial charge on any atom is -0.374 e. The lowest BCUT2D eigenvalue weighted by atomic mass is 10.0. The molecule has 1 rings (SSSR count). The predicted molar refractivity (Wildman–Crippen MR) is 69.0 cm³/mol. The molecular weight excluding hydrogens is 214 g/mol. The van der Waals surface area contributed by atoms with Crippen molar-refractivity contribution < 1.29 is 4.74 Å². The van der Waals surface area contributed by atoms with Gasteiger partial charge in [-0.2, -0.15) is 0 Å². The lowest BCUT2D eigenvalue weighted by Gasteiger charge is -2.15. The van der Waals surface area contributed by atoms with E-state index in [-0.39, 0.29) is 6.10 Å². The van der Waals surface area contributed by atoms with Crippen LogP contribution in [0.4, 0.5) is 0 Å². The molecule has 4 heteroatoms. The number of nitrogens with zero attached hydrogens (tertiary/aromatic N) is 2. The van der Waals surface area contributed by atoms with E-state index in [1.54, 1.807) is 7.11 Å². The van der Waals surface area contributed by atoms with Crippen molar-refractivity contribution in [3.8, 4) is 0 Å². The summed E-state index contributed by atoms with van der Waals surface area (Å²) in [5, 5.41) is 0. The van der Waals surface area contributed by atoms with Crippen LogP contribution in [0.25, 0.3) is 0 Å². The molecule has 0 spiro atoms. The minimum atomic E-state index is -0.0578. The zero-order chi connectivity index (χ0) is 12.8. The van der Waals surface area contributed by atoms with Crippen LogP contribution in [0.15, 0.2) is 0 Å². The fourth-order valence-corrected chi connectivity index (χ4v) is 1.91. The monoisotopic (exact) mass is 237 g/mol. The number of aromatic nitrogens is 2.